The summed E-state index contributed by atoms with van der Waals surface area (Å²) in [5.41, 5.74) is 0. The zero-order valence-electron chi connectivity index (χ0n) is 9.90. The maximum absolute atomic E-state index is 12.3. The molecule has 0 aromatic rings. The van der Waals surface area contributed by atoms with E-state index in [1.165, 1.54) is 18.9 Å². The summed E-state index contributed by atoms with van der Waals surface area (Å²) in [5, 5.41) is 0. The molecule has 0 amide bonds. The molecule has 15 heavy (non-hydrogen) atoms. The van der Waals surface area contributed by atoms with Crippen LogP contribution in [0.15, 0.2) is 10.4 Å². The third-order valence-electron chi connectivity index (χ3n) is 1.65. The summed E-state index contributed by atoms with van der Waals surface area (Å²) in [6.45, 7) is 6.00. The maximum atomic E-state index is 12.3. The molecule has 90 valence electrons. The van der Waals surface area contributed by atoms with Crippen LogP contribution in [0, 0.1) is 0 Å². The summed E-state index contributed by atoms with van der Waals surface area (Å²) in [7, 11) is -1.65. The number of hydrogen-bond donors (Lipinski definition) is 0. The fraction of sp³-hybridized carbons (Fsp3) is 0.778. The second-order valence-electron chi connectivity index (χ2n) is 2.60. The van der Waals surface area contributed by atoms with E-state index >= 15 is 0 Å². The van der Waals surface area contributed by atoms with Gasteiger partial charge in [-0.1, -0.05) is 0 Å². The lowest BCUT2D eigenvalue weighted by atomic mass is 10.7. The van der Waals surface area contributed by atoms with Gasteiger partial charge in [0.2, 0.25) is 0 Å². The lowest BCUT2D eigenvalue weighted by Crippen LogP contribution is -1.99. The Balaban J connectivity index is 5.11. The first-order chi connectivity index (χ1) is 7.05. The van der Waals surface area contributed by atoms with E-state index in [0.717, 1.165) is 0 Å². The molecule has 0 aliphatic carbocycles. The predicted molar refractivity (Wildman–Crippen MR) is 64.1 cm³/mol. The molecule has 0 saturated heterocycles. The molecule has 0 aromatic carbocycles. The summed E-state index contributed by atoms with van der Waals surface area (Å²) in [6.07, 6.45) is 1.82. The lowest BCUT2D eigenvalue weighted by Gasteiger charge is -2.19. The van der Waals surface area contributed by atoms with Crippen LogP contribution in [-0.4, -0.2) is 26.6 Å². The molecular weight excluding hydrogens is 235 g/mol. The van der Waals surface area contributed by atoms with Gasteiger partial charge in [0.25, 0.3) is 0 Å². The van der Waals surface area contributed by atoms with Crippen LogP contribution in [0.1, 0.15) is 20.8 Å². The van der Waals surface area contributed by atoms with Crippen LogP contribution in [-0.2, 0) is 18.3 Å². The largest absolute Gasteiger partial charge is 0.500 e. The van der Waals surface area contributed by atoms with Crippen molar-refractivity contribution in [3.8, 4) is 0 Å². The van der Waals surface area contributed by atoms with Gasteiger partial charge in [0.1, 0.15) is 10.4 Å². The van der Waals surface area contributed by atoms with Crippen molar-refractivity contribution in [2.45, 2.75) is 20.8 Å². The topological polar surface area (TPSA) is 44.8 Å². The minimum atomic E-state index is -3.18. The van der Waals surface area contributed by atoms with E-state index in [0.29, 0.717) is 23.6 Å². The normalized spacial score (nSPS) is 13.7. The predicted octanol–water partition coefficient (Wildman–Crippen LogP) is 3.45. The zero-order valence-corrected chi connectivity index (χ0v) is 11.6. The average molecular weight is 254 g/mol. The molecule has 4 nitrogen and oxygen atoms in total. The Morgan fingerprint density at radius 3 is 2.00 bits per heavy atom. The van der Waals surface area contributed by atoms with E-state index in [1.807, 2.05) is 6.26 Å². The molecule has 0 heterocycles. The first-order valence-corrected chi connectivity index (χ1v) is 7.51. The highest BCUT2D eigenvalue weighted by molar-refractivity contribution is 8.09. The summed E-state index contributed by atoms with van der Waals surface area (Å²) >= 11 is 1.33. The van der Waals surface area contributed by atoms with Crippen molar-refractivity contribution < 1.29 is 18.3 Å². The summed E-state index contributed by atoms with van der Waals surface area (Å²) in [5.74, 6) is 0.577. The maximum Gasteiger partial charge on any atom is 0.371 e. The van der Waals surface area contributed by atoms with Crippen LogP contribution in [0.2, 0.25) is 0 Å². The molecule has 0 saturated carbocycles. The fourth-order valence-corrected chi connectivity index (χ4v) is 4.08. The van der Waals surface area contributed by atoms with E-state index in [2.05, 4.69) is 0 Å². The molecule has 6 heteroatoms. The molecule has 0 fully saturated rings. The van der Waals surface area contributed by atoms with Crippen LogP contribution in [0.4, 0.5) is 0 Å². The molecule has 0 bridgehead atoms. The number of thioether (sulfide) groups is 1. The molecule has 0 spiro atoms. The molecule has 0 atom stereocenters. The van der Waals surface area contributed by atoms with Gasteiger partial charge in [-0.3, -0.25) is 4.57 Å². The molecule has 0 N–H and O–H groups in total. The van der Waals surface area contributed by atoms with Gasteiger partial charge in [0.05, 0.1) is 20.3 Å². The van der Waals surface area contributed by atoms with Gasteiger partial charge in [-0.05, 0) is 27.0 Å². The van der Waals surface area contributed by atoms with Gasteiger partial charge < -0.3 is 13.8 Å². The second kappa shape index (κ2) is 7.34. The lowest BCUT2D eigenvalue weighted by molar-refractivity contribution is 0.225. The van der Waals surface area contributed by atoms with Crippen molar-refractivity contribution in [2.24, 2.45) is 0 Å². The van der Waals surface area contributed by atoms with Gasteiger partial charge in [-0.2, -0.15) is 0 Å². The smallest absolute Gasteiger partial charge is 0.371 e. The minimum absolute atomic E-state index is 0.346. The summed E-state index contributed by atoms with van der Waals surface area (Å²) < 4.78 is 28.4. The fourth-order valence-electron chi connectivity index (χ4n) is 1.03. The molecule has 0 aliphatic heterocycles. The van der Waals surface area contributed by atoms with E-state index in [9.17, 15) is 4.57 Å². The number of ether oxygens (including phenoxy) is 1. The van der Waals surface area contributed by atoms with Gasteiger partial charge in [0, 0.05) is 0 Å². The average Bonchev–Trinajstić information content (AvgIpc) is 2.19. The highest BCUT2D eigenvalue weighted by atomic mass is 32.2. The van der Waals surface area contributed by atoms with Gasteiger partial charge >= 0.3 is 7.60 Å². The highest BCUT2D eigenvalue weighted by Crippen LogP contribution is 2.60. The third-order valence-corrected chi connectivity index (χ3v) is 5.55. The van der Waals surface area contributed by atoms with Gasteiger partial charge in [0.15, 0.2) is 0 Å². The standard InChI is InChI=1S/C9H19O4PS/c1-6-12-14(10,13-7-2)9(15-5)8(3)11-4/h6-7H2,1-5H3/b9-8+. The Morgan fingerprint density at radius 2 is 1.73 bits per heavy atom. The Kier molecular flexibility index (Phi) is 7.36. The van der Waals surface area contributed by atoms with Crippen LogP contribution in [0.25, 0.3) is 0 Å². The molecule has 0 unspecified atom stereocenters. The third kappa shape index (κ3) is 4.19. The van der Waals surface area contributed by atoms with Gasteiger partial charge in [-0.15, -0.1) is 11.8 Å². The second-order valence-corrected chi connectivity index (χ2v) is 5.68. The van der Waals surface area contributed by atoms with E-state index in [-0.39, 0.29) is 0 Å². The van der Waals surface area contributed by atoms with Crippen molar-refractivity contribution in [3.63, 3.8) is 0 Å². The Bertz CT molecular complexity index is 255. The molecule has 0 aromatic heterocycles. The molecular formula is C9H19O4PS. The molecule has 0 rings (SSSR count). The van der Waals surface area contributed by atoms with Crippen molar-refractivity contribution in [2.75, 3.05) is 26.6 Å². The number of hydrogen-bond acceptors (Lipinski definition) is 5. The molecule has 0 radical (unpaired) electrons. The van der Waals surface area contributed by atoms with Crippen molar-refractivity contribution in [1.82, 2.24) is 0 Å². The van der Waals surface area contributed by atoms with Gasteiger partial charge in [-0.25, -0.2) is 0 Å². The summed E-state index contributed by atoms with van der Waals surface area (Å²) in [4.78, 5) is 0. The Labute approximate surface area is 95.9 Å². The molecule has 0 aliphatic rings. The van der Waals surface area contributed by atoms with Crippen LogP contribution in [0.5, 0.6) is 0 Å². The zero-order chi connectivity index (χ0) is 11.9. The first-order valence-electron chi connectivity index (χ1n) is 4.74. The Hall–Kier alpha value is 0.0400. The quantitative estimate of drug-likeness (QED) is 0.514. The highest BCUT2D eigenvalue weighted by Gasteiger charge is 2.31. The van der Waals surface area contributed by atoms with Crippen molar-refractivity contribution >= 4 is 19.4 Å². The number of rotatable bonds is 7. The number of allylic oxidation sites excluding steroid dienone is 1. The van der Waals surface area contributed by atoms with Crippen LogP contribution in [0.3, 0.4) is 0 Å². The van der Waals surface area contributed by atoms with E-state index in [1.54, 1.807) is 20.8 Å². The van der Waals surface area contributed by atoms with Crippen molar-refractivity contribution in [3.05, 3.63) is 10.4 Å². The first kappa shape index (κ1) is 15.0. The summed E-state index contributed by atoms with van der Waals surface area (Å²) in [6, 6.07) is 0. The van der Waals surface area contributed by atoms with Crippen LogP contribution < -0.4 is 0 Å². The van der Waals surface area contributed by atoms with E-state index in [4.69, 9.17) is 13.8 Å². The Morgan fingerprint density at radius 1 is 1.27 bits per heavy atom. The SMILES string of the molecule is CCOP(=O)(OCC)/C(SC)=C(/C)OC. The number of methoxy groups -OCH3 is 1. The van der Waals surface area contributed by atoms with E-state index < -0.39 is 7.60 Å². The van der Waals surface area contributed by atoms with Crippen molar-refractivity contribution in [1.29, 1.82) is 0 Å². The monoisotopic (exact) mass is 254 g/mol. The minimum Gasteiger partial charge on any atom is -0.500 e. The van der Waals surface area contributed by atoms with Crippen LogP contribution >= 0.6 is 19.4 Å².